The van der Waals surface area contributed by atoms with E-state index in [1.54, 1.807) is 6.92 Å². The molecule has 0 aliphatic heterocycles. The smallest absolute Gasteiger partial charge is 0.244 e. The average Bonchev–Trinajstić information content (AvgIpc) is 2.76. The molecule has 102 valence electrons. The number of hydrogen-bond acceptors (Lipinski definition) is 3. The van der Waals surface area contributed by atoms with Gasteiger partial charge in [0.25, 0.3) is 0 Å². The van der Waals surface area contributed by atoms with Crippen LogP contribution in [0, 0.1) is 6.92 Å². The van der Waals surface area contributed by atoms with Crippen molar-refractivity contribution in [2.24, 2.45) is 0 Å². The van der Waals surface area contributed by atoms with Crippen LogP contribution in [0.5, 0.6) is 0 Å². The minimum atomic E-state index is -3.51. The van der Waals surface area contributed by atoms with Crippen molar-refractivity contribution in [3.8, 4) is 0 Å². The van der Waals surface area contributed by atoms with Gasteiger partial charge in [0.2, 0.25) is 10.0 Å². The Morgan fingerprint density at radius 3 is 2.58 bits per heavy atom. The van der Waals surface area contributed by atoms with E-state index in [0.717, 1.165) is 5.56 Å². The van der Waals surface area contributed by atoms with Gasteiger partial charge in [0.05, 0.1) is 11.9 Å². The molecule has 0 bridgehead atoms. The maximum absolute atomic E-state index is 12.1. The van der Waals surface area contributed by atoms with Crippen molar-refractivity contribution < 1.29 is 8.42 Å². The summed E-state index contributed by atoms with van der Waals surface area (Å²) in [7, 11) is -3.51. The number of nitrogens with zero attached hydrogens (tertiary/aromatic N) is 1. The van der Waals surface area contributed by atoms with E-state index in [4.69, 9.17) is 0 Å². The molecule has 2 rings (SSSR count). The summed E-state index contributed by atoms with van der Waals surface area (Å²) in [5, 5.41) is 6.36. The second-order valence-electron chi connectivity index (χ2n) is 4.57. The molecule has 19 heavy (non-hydrogen) atoms. The van der Waals surface area contributed by atoms with Crippen LogP contribution in [0.1, 0.15) is 18.2 Å². The minimum Gasteiger partial charge on any atom is -0.281 e. The maximum Gasteiger partial charge on any atom is 0.244 e. The van der Waals surface area contributed by atoms with E-state index in [1.807, 2.05) is 37.3 Å². The molecule has 0 aliphatic rings. The quantitative estimate of drug-likeness (QED) is 0.873. The number of nitrogens with one attached hydrogen (secondary N) is 2. The standard InChI is InChI=1S/C13H17N3O2S/c1-10(8-12-6-4-3-5-7-12)16-19(17,18)13-9-14-15-11(13)2/h3-7,9-10,16H,8H2,1-2H3,(H,14,15). The Balaban J connectivity index is 2.07. The van der Waals surface area contributed by atoms with Crippen molar-refractivity contribution in [3.63, 3.8) is 0 Å². The third-order valence-electron chi connectivity index (χ3n) is 2.81. The van der Waals surface area contributed by atoms with Gasteiger partial charge in [0, 0.05) is 6.04 Å². The molecule has 0 spiro atoms. The largest absolute Gasteiger partial charge is 0.281 e. The Kier molecular flexibility index (Phi) is 4.01. The summed E-state index contributed by atoms with van der Waals surface area (Å²) < 4.78 is 26.9. The van der Waals surface area contributed by atoms with Crippen LogP contribution in [0.3, 0.4) is 0 Å². The molecule has 0 amide bonds. The van der Waals surface area contributed by atoms with Crippen LogP contribution >= 0.6 is 0 Å². The van der Waals surface area contributed by atoms with E-state index in [1.165, 1.54) is 6.20 Å². The van der Waals surface area contributed by atoms with Gasteiger partial charge >= 0.3 is 0 Å². The summed E-state index contributed by atoms with van der Waals surface area (Å²) in [6.45, 7) is 3.53. The molecule has 2 aromatic rings. The molecule has 1 aromatic heterocycles. The lowest BCUT2D eigenvalue weighted by molar-refractivity contribution is 0.559. The van der Waals surface area contributed by atoms with Gasteiger partial charge in [-0.2, -0.15) is 5.10 Å². The molecule has 0 aliphatic carbocycles. The number of benzene rings is 1. The average molecular weight is 279 g/mol. The van der Waals surface area contributed by atoms with Gasteiger partial charge in [-0.3, -0.25) is 5.10 Å². The molecular weight excluding hydrogens is 262 g/mol. The first-order valence-corrected chi connectivity index (χ1v) is 7.53. The van der Waals surface area contributed by atoms with Crippen molar-refractivity contribution >= 4 is 10.0 Å². The predicted molar refractivity (Wildman–Crippen MR) is 73.3 cm³/mol. The highest BCUT2D eigenvalue weighted by molar-refractivity contribution is 7.89. The first-order chi connectivity index (χ1) is 8.99. The Morgan fingerprint density at radius 1 is 1.32 bits per heavy atom. The first kappa shape index (κ1) is 13.8. The van der Waals surface area contributed by atoms with Crippen LogP contribution in [-0.2, 0) is 16.4 Å². The van der Waals surface area contributed by atoms with E-state index < -0.39 is 10.0 Å². The van der Waals surface area contributed by atoms with Crippen LogP contribution < -0.4 is 4.72 Å². The third-order valence-corrected chi connectivity index (χ3v) is 4.52. The number of aromatic amines is 1. The van der Waals surface area contributed by atoms with E-state index in [2.05, 4.69) is 14.9 Å². The third kappa shape index (κ3) is 3.42. The number of hydrogen-bond donors (Lipinski definition) is 2. The van der Waals surface area contributed by atoms with Crippen LogP contribution in [0.2, 0.25) is 0 Å². The molecule has 1 atom stereocenters. The van der Waals surface area contributed by atoms with Crippen molar-refractivity contribution in [3.05, 3.63) is 47.8 Å². The van der Waals surface area contributed by atoms with Gasteiger partial charge < -0.3 is 0 Å². The lowest BCUT2D eigenvalue weighted by atomic mass is 10.1. The number of sulfonamides is 1. The molecule has 1 heterocycles. The van der Waals surface area contributed by atoms with Crippen LogP contribution in [-0.4, -0.2) is 24.7 Å². The topological polar surface area (TPSA) is 74.8 Å². The Hall–Kier alpha value is -1.66. The van der Waals surface area contributed by atoms with Crippen LogP contribution in [0.4, 0.5) is 0 Å². The summed E-state index contributed by atoms with van der Waals surface area (Å²) in [4.78, 5) is 0.201. The maximum atomic E-state index is 12.1. The van der Waals surface area contributed by atoms with Crippen LogP contribution in [0.25, 0.3) is 0 Å². The fraction of sp³-hybridized carbons (Fsp3) is 0.308. The number of H-pyrrole nitrogens is 1. The summed E-state index contributed by atoms with van der Waals surface area (Å²) in [5.41, 5.74) is 1.64. The molecule has 0 radical (unpaired) electrons. The van der Waals surface area contributed by atoms with Crippen molar-refractivity contribution in [2.45, 2.75) is 31.2 Å². The van der Waals surface area contributed by atoms with E-state index in [-0.39, 0.29) is 10.9 Å². The number of rotatable bonds is 5. The molecule has 0 saturated carbocycles. The first-order valence-electron chi connectivity index (χ1n) is 6.05. The number of aromatic nitrogens is 2. The van der Waals surface area contributed by atoms with E-state index in [9.17, 15) is 8.42 Å². The highest BCUT2D eigenvalue weighted by Crippen LogP contribution is 2.12. The highest BCUT2D eigenvalue weighted by atomic mass is 32.2. The Labute approximate surface area is 113 Å². The normalized spacial score (nSPS) is 13.4. The monoisotopic (exact) mass is 279 g/mol. The Morgan fingerprint density at radius 2 is 2.00 bits per heavy atom. The molecule has 5 nitrogen and oxygen atoms in total. The molecular formula is C13H17N3O2S. The second kappa shape index (κ2) is 5.54. The highest BCUT2D eigenvalue weighted by Gasteiger charge is 2.20. The van der Waals surface area contributed by atoms with Gasteiger partial charge in [0.15, 0.2) is 0 Å². The fourth-order valence-electron chi connectivity index (χ4n) is 1.95. The van der Waals surface area contributed by atoms with Crippen molar-refractivity contribution in [2.75, 3.05) is 0 Å². The van der Waals surface area contributed by atoms with E-state index in [0.29, 0.717) is 12.1 Å². The molecule has 6 heteroatoms. The second-order valence-corrected chi connectivity index (χ2v) is 6.25. The zero-order valence-electron chi connectivity index (χ0n) is 10.9. The zero-order chi connectivity index (χ0) is 13.9. The summed E-state index contributed by atoms with van der Waals surface area (Å²) in [6.07, 6.45) is 1.98. The van der Waals surface area contributed by atoms with E-state index >= 15 is 0 Å². The lowest BCUT2D eigenvalue weighted by Gasteiger charge is -2.13. The molecule has 1 aromatic carbocycles. The number of aryl methyl sites for hydroxylation is 1. The molecule has 1 unspecified atom stereocenters. The van der Waals surface area contributed by atoms with Crippen LogP contribution in [0.15, 0.2) is 41.4 Å². The zero-order valence-corrected chi connectivity index (χ0v) is 11.7. The molecule has 0 saturated heterocycles. The van der Waals surface area contributed by atoms with Gasteiger partial charge in [-0.05, 0) is 25.8 Å². The fourth-order valence-corrected chi connectivity index (χ4v) is 3.33. The van der Waals surface area contributed by atoms with Gasteiger partial charge in [-0.25, -0.2) is 13.1 Å². The van der Waals surface area contributed by atoms with Gasteiger partial charge in [-0.1, -0.05) is 30.3 Å². The Bertz CT molecular complexity index is 635. The van der Waals surface area contributed by atoms with Crippen molar-refractivity contribution in [1.29, 1.82) is 0 Å². The summed E-state index contributed by atoms with van der Waals surface area (Å²) in [5.74, 6) is 0. The summed E-state index contributed by atoms with van der Waals surface area (Å²) in [6, 6.07) is 9.60. The SMILES string of the molecule is Cc1[nH]ncc1S(=O)(=O)NC(C)Cc1ccccc1. The predicted octanol–water partition coefficient (Wildman–Crippen LogP) is 1.63. The molecule has 0 fully saturated rings. The van der Waals surface area contributed by atoms with Crippen molar-refractivity contribution in [1.82, 2.24) is 14.9 Å². The van der Waals surface area contributed by atoms with Gasteiger partial charge in [-0.15, -0.1) is 0 Å². The van der Waals surface area contributed by atoms with Gasteiger partial charge in [0.1, 0.15) is 4.90 Å². The molecule has 2 N–H and O–H groups in total. The lowest BCUT2D eigenvalue weighted by Crippen LogP contribution is -2.34. The summed E-state index contributed by atoms with van der Waals surface area (Å²) >= 11 is 0. The minimum absolute atomic E-state index is 0.179.